The summed E-state index contributed by atoms with van der Waals surface area (Å²) in [7, 11) is 0. The molecule has 0 amide bonds. The lowest BCUT2D eigenvalue weighted by Gasteiger charge is -1.94. The summed E-state index contributed by atoms with van der Waals surface area (Å²) in [4.78, 5) is 7.73. The van der Waals surface area contributed by atoms with Crippen molar-refractivity contribution in [1.29, 1.82) is 5.26 Å². The Hall–Kier alpha value is -0.790. The van der Waals surface area contributed by atoms with Crippen LogP contribution in [0, 0.1) is 11.3 Å². The normalized spacial score (nSPS) is 8.23. The number of halogens is 1. The van der Waals surface area contributed by atoms with Crippen LogP contribution in [0.5, 0.6) is 0 Å². The van der Waals surface area contributed by atoms with Gasteiger partial charge in [-0.15, -0.1) is 0 Å². The Balaban J connectivity index is 0.000000671. The number of hydrogen-bond donors (Lipinski definition) is 0. The predicted octanol–water partition coefficient (Wildman–Crippen LogP) is 2.75. The minimum atomic E-state index is 0.215. The van der Waals surface area contributed by atoms with Gasteiger partial charge in [0.15, 0.2) is 10.3 Å². The zero-order chi connectivity index (χ0) is 10.3. The minimum absolute atomic E-state index is 0.215. The fraction of sp³-hybridized carbons (Fsp3) is 0.375. The molecule has 0 saturated carbocycles. The summed E-state index contributed by atoms with van der Waals surface area (Å²) < 4.78 is 0. The van der Waals surface area contributed by atoms with Gasteiger partial charge in [-0.3, -0.25) is 0 Å². The standard InChI is InChI=1S/C6H4ClN3S.C2H6/c1-11-6-9-3-4(2-8)5(7)10-6;1-2/h3H,1H3;1-2H3. The summed E-state index contributed by atoms with van der Waals surface area (Å²) in [6.45, 7) is 4.00. The third kappa shape index (κ3) is 3.62. The molecule has 0 radical (unpaired) electrons. The van der Waals surface area contributed by atoms with Gasteiger partial charge in [0.2, 0.25) is 0 Å². The second kappa shape index (κ2) is 6.70. The van der Waals surface area contributed by atoms with Crippen molar-refractivity contribution in [1.82, 2.24) is 9.97 Å². The van der Waals surface area contributed by atoms with Crippen LogP contribution in [0.25, 0.3) is 0 Å². The summed E-state index contributed by atoms with van der Waals surface area (Å²) >= 11 is 7.01. The van der Waals surface area contributed by atoms with E-state index in [0.717, 1.165) is 0 Å². The summed E-state index contributed by atoms with van der Waals surface area (Å²) in [6, 6.07) is 1.88. The van der Waals surface area contributed by atoms with E-state index >= 15 is 0 Å². The Labute approximate surface area is 87.2 Å². The van der Waals surface area contributed by atoms with Gasteiger partial charge in [0, 0.05) is 0 Å². The topological polar surface area (TPSA) is 49.6 Å². The van der Waals surface area contributed by atoms with E-state index in [1.807, 2.05) is 26.2 Å². The van der Waals surface area contributed by atoms with Crippen LogP contribution in [0.15, 0.2) is 11.4 Å². The predicted molar refractivity (Wildman–Crippen MR) is 54.9 cm³/mol. The molecule has 0 aromatic carbocycles. The highest BCUT2D eigenvalue weighted by atomic mass is 35.5. The summed E-state index contributed by atoms with van der Waals surface area (Å²) in [5, 5.41) is 9.25. The van der Waals surface area contributed by atoms with Crippen molar-refractivity contribution in [2.45, 2.75) is 19.0 Å². The van der Waals surface area contributed by atoms with Crippen LogP contribution in [0.3, 0.4) is 0 Å². The van der Waals surface area contributed by atoms with Gasteiger partial charge < -0.3 is 0 Å². The molecule has 0 aliphatic carbocycles. The minimum Gasteiger partial charge on any atom is -0.230 e. The average Bonchev–Trinajstić information content (AvgIpc) is 2.20. The van der Waals surface area contributed by atoms with E-state index in [1.165, 1.54) is 18.0 Å². The van der Waals surface area contributed by atoms with Crippen LogP contribution in [-0.4, -0.2) is 16.2 Å². The van der Waals surface area contributed by atoms with Gasteiger partial charge in [-0.05, 0) is 6.26 Å². The highest BCUT2D eigenvalue weighted by molar-refractivity contribution is 7.98. The molecule has 1 heterocycles. The Bertz CT molecular complexity index is 309. The van der Waals surface area contributed by atoms with Crippen LogP contribution in [-0.2, 0) is 0 Å². The maximum atomic E-state index is 8.46. The lowest BCUT2D eigenvalue weighted by molar-refractivity contribution is 0.964. The highest BCUT2D eigenvalue weighted by Crippen LogP contribution is 2.14. The molecular weight excluding hydrogens is 206 g/mol. The molecule has 0 N–H and O–H groups in total. The van der Waals surface area contributed by atoms with E-state index < -0.39 is 0 Å². The number of thioether (sulfide) groups is 1. The number of aromatic nitrogens is 2. The fourth-order valence-electron chi connectivity index (χ4n) is 0.519. The number of nitriles is 1. The number of hydrogen-bond acceptors (Lipinski definition) is 4. The summed E-state index contributed by atoms with van der Waals surface area (Å²) in [5.74, 6) is 0. The Morgan fingerprint density at radius 2 is 2.15 bits per heavy atom. The van der Waals surface area contributed by atoms with Crippen molar-refractivity contribution in [3.63, 3.8) is 0 Å². The first kappa shape index (κ1) is 12.2. The summed E-state index contributed by atoms with van der Waals surface area (Å²) in [6.07, 6.45) is 3.26. The van der Waals surface area contributed by atoms with Gasteiger partial charge in [0.05, 0.1) is 6.20 Å². The molecule has 0 aliphatic rings. The van der Waals surface area contributed by atoms with Crippen LogP contribution in [0.1, 0.15) is 19.4 Å². The third-order valence-electron chi connectivity index (χ3n) is 1.02. The maximum Gasteiger partial charge on any atom is 0.188 e. The molecule has 13 heavy (non-hydrogen) atoms. The molecule has 3 nitrogen and oxygen atoms in total. The lowest BCUT2D eigenvalue weighted by Crippen LogP contribution is -1.88. The monoisotopic (exact) mass is 215 g/mol. The highest BCUT2D eigenvalue weighted by Gasteiger charge is 2.01. The van der Waals surface area contributed by atoms with E-state index in [-0.39, 0.29) is 5.15 Å². The molecule has 0 bridgehead atoms. The molecule has 0 aliphatic heterocycles. The Morgan fingerprint density at radius 1 is 1.54 bits per heavy atom. The average molecular weight is 216 g/mol. The largest absolute Gasteiger partial charge is 0.230 e. The second-order valence-electron chi connectivity index (χ2n) is 1.67. The quantitative estimate of drug-likeness (QED) is 0.411. The molecule has 0 unspecified atom stereocenters. The molecular formula is C8H10ClN3S. The lowest BCUT2D eigenvalue weighted by atomic mass is 10.4. The molecule has 5 heteroatoms. The summed E-state index contributed by atoms with van der Waals surface area (Å²) in [5.41, 5.74) is 0.310. The fourth-order valence-corrected chi connectivity index (χ4v) is 1.08. The molecule has 1 aromatic rings. The zero-order valence-electron chi connectivity index (χ0n) is 7.71. The molecule has 1 aromatic heterocycles. The van der Waals surface area contributed by atoms with Gasteiger partial charge in [0.1, 0.15) is 11.6 Å². The first-order valence-corrected chi connectivity index (χ1v) is 5.35. The molecule has 70 valence electrons. The Kier molecular flexibility index (Phi) is 6.29. The van der Waals surface area contributed by atoms with Crippen molar-refractivity contribution in [3.8, 4) is 6.07 Å². The van der Waals surface area contributed by atoms with Crippen molar-refractivity contribution >= 4 is 23.4 Å². The number of nitrogens with zero attached hydrogens (tertiary/aromatic N) is 3. The second-order valence-corrected chi connectivity index (χ2v) is 2.80. The van der Waals surface area contributed by atoms with Crippen LogP contribution in [0.2, 0.25) is 5.15 Å². The van der Waals surface area contributed by atoms with Crippen molar-refractivity contribution < 1.29 is 0 Å². The van der Waals surface area contributed by atoms with Crippen LogP contribution in [0.4, 0.5) is 0 Å². The van der Waals surface area contributed by atoms with E-state index in [0.29, 0.717) is 10.7 Å². The smallest absolute Gasteiger partial charge is 0.188 e. The first-order valence-electron chi connectivity index (χ1n) is 3.74. The Morgan fingerprint density at radius 3 is 2.54 bits per heavy atom. The van der Waals surface area contributed by atoms with Gasteiger partial charge in [-0.1, -0.05) is 37.2 Å². The van der Waals surface area contributed by atoms with E-state index in [4.69, 9.17) is 16.9 Å². The van der Waals surface area contributed by atoms with Gasteiger partial charge in [-0.2, -0.15) is 5.26 Å². The first-order chi connectivity index (χ1) is 6.27. The van der Waals surface area contributed by atoms with Crippen molar-refractivity contribution in [3.05, 3.63) is 16.9 Å². The van der Waals surface area contributed by atoms with E-state index in [2.05, 4.69) is 9.97 Å². The van der Waals surface area contributed by atoms with Gasteiger partial charge in [-0.25, -0.2) is 9.97 Å². The van der Waals surface area contributed by atoms with Crippen LogP contribution >= 0.6 is 23.4 Å². The van der Waals surface area contributed by atoms with Crippen LogP contribution < -0.4 is 0 Å². The van der Waals surface area contributed by atoms with Crippen molar-refractivity contribution in [2.75, 3.05) is 6.26 Å². The zero-order valence-corrected chi connectivity index (χ0v) is 9.28. The molecule has 0 atom stereocenters. The molecule has 1 rings (SSSR count). The molecule has 0 saturated heterocycles. The number of rotatable bonds is 1. The van der Waals surface area contributed by atoms with Gasteiger partial charge >= 0.3 is 0 Å². The molecule has 0 fully saturated rings. The molecule has 0 spiro atoms. The van der Waals surface area contributed by atoms with Gasteiger partial charge in [0.25, 0.3) is 0 Å². The van der Waals surface area contributed by atoms with Crippen molar-refractivity contribution in [2.24, 2.45) is 0 Å². The third-order valence-corrected chi connectivity index (χ3v) is 1.87. The maximum absolute atomic E-state index is 8.46. The van der Waals surface area contributed by atoms with E-state index in [9.17, 15) is 0 Å². The SMILES string of the molecule is CC.CSc1ncc(C#N)c(Cl)n1. The van der Waals surface area contributed by atoms with E-state index in [1.54, 1.807) is 0 Å².